The first-order valence-corrected chi connectivity index (χ1v) is 10.8. The molecule has 5 nitrogen and oxygen atoms in total. The van der Waals surface area contributed by atoms with Crippen LogP contribution in [0.3, 0.4) is 0 Å². The van der Waals surface area contributed by atoms with Gasteiger partial charge in [0, 0.05) is 19.0 Å². The Balaban J connectivity index is 1.37. The SMILES string of the molecule is CC(=O)NC12C[C@H]3C[C@@H](C1)CC(C(=O)N1CCO[C@@H](c4ccc(F)cc4)C1)(C3)C2. The minimum Gasteiger partial charge on any atom is -0.370 e. The van der Waals surface area contributed by atoms with Crippen LogP contribution in [-0.4, -0.2) is 41.9 Å². The molecule has 5 fully saturated rings. The maximum absolute atomic E-state index is 13.8. The van der Waals surface area contributed by atoms with E-state index in [2.05, 4.69) is 5.32 Å². The van der Waals surface area contributed by atoms with Gasteiger partial charge in [0.2, 0.25) is 11.8 Å². The van der Waals surface area contributed by atoms with Gasteiger partial charge in [-0.25, -0.2) is 4.39 Å². The average Bonchev–Trinajstić information content (AvgIpc) is 2.66. The monoisotopic (exact) mass is 400 g/mol. The minimum absolute atomic E-state index is 0.0114. The third kappa shape index (κ3) is 3.35. The fraction of sp³-hybridized carbons (Fsp3) is 0.652. The molecule has 0 spiro atoms. The summed E-state index contributed by atoms with van der Waals surface area (Å²) in [5, 5.41) is 3.24. The van der Waals surface area contributed by atoms with Gasteiger partial charge >= 0.3 is 0 Å². The fourth-order valence-electron chi connectivity index (χ4n) is 7.08. The van der Waals surface area contributed by atoms with Crippen LogP contribution in [0.1, 0.15) is 57.1 Å². The molecule has 6 heteroatoms. The number of ether oxygens (including phenoxy) is 1. The summed E-state index contributed by atoms with van der Waals surface area (Å²) in [4.78, 5) is 27.7. The van der Waals surface area contributed by atoms with Gasteiger partial charge in [0.15, 0.2) is 0 Å². The van der Waals surface area contributed by atoms with Crippen LogP contribution < -0.4 is 5.32 Å². The summed E-state index contributed by atoms with van der Waals surface area (Å²) in [5.74, 6) is 1.03. The van der Waals surface area contributed by atoms with E-state index >= 15 is 0 Å². The van der Waals surface area contributed by atoms with Gasteiger partial charge in [0.05, 0.1) is 18.6 Å². The number of rotatable bonds is 3. The maximum atomic E-state index is 13.8. The molecule has 4 aliphatic carbocycles. The van der Waals surface area contributed by atoms with Crippen molar-refractivity contribution in [2.45, 2.75) is 57.1 Å². The van der Waals surface area contributed by atoms with E-state index in [1.807, 2.05) is 4.90 Å². The lowest BCUT2D eigenvalue weighted by Crippen LogP contribution is -2.66. The Morgan fingerprint density at radius 1 is 1.14 bits per heavy atom. The summed E-state index contributed by atoms with van der Waals surface area (Å²) in [6, 6.07) is 6.36. The van der Waals surface area contributed by atoms with Gasteiger partial charge < -0.3 is 15.0 Å². The molecule has 1 aromatic rings. The van der Waals surface area contributed by atoms with E-state index in [0.29, 0.717) is 31.5 Å². The Kier molecular flexibility index (Phi) is 4.46. The third-order valence-corrected chi connectivity index (χ3v) is 7.55. The zero-order valence-electron chi connectivity index (χ0n) is 17.0. The first kappa shape index (κ1) is 19.0. The second-order valence-electron chi connectivity index (χ2n) is 9.87. The predicted octanol–water partition coefficient (Wildman–Crippen LogP) is 3.20. The number of carbonyl (C=O) groups is 2. The van der Waals surface area contributed by atoms with E-state index in [1.165, 1.54) is 18.6 Å². The highest BCUT2D eigenvalue weighted by Gasteiger charge is 2.61. The Morgan fingerprint density at radius 3 is 2.48 bits per heavy atom. The number of nitrogens with zero attached hydrogens (tertiary/aromatic N) is 1. The lowest BCUT2D eigenvalue weighted by Gasteiger charge is -2.62. The second kappa shape index (κ2) is 6.79. The van der Waals surface area contributed by atoms with Crippen LogP contribution in [-0.2, 0) is 14.3 Å². The maximum Gasteiger partial charge on any atom is 0.229 e. The number of nitrogens with one attached hydrogen (secondary N) is 1. The van der Waals surface area contributed by atoms with Gasteiger partial charge in [0.25, 0.3) is 0 Å². The molecular formula is C23H29FN2O3. The molecule has 1 N–H and O–H groups in total. The van der Waals surface area contributed by atoms with Crippen LogP contribution in [0.4, 0.5) is 4.39 Å². The van der Waals surface area contributed by atoms with Crippen LogP contribution >= 0.6 is 0 Å². The van der Waals surface area contributed by atoms with Crippen molar-refractivity contribution in [2.24, 2.45) is 17.3 Å². The summed E-state index contributed by atoms with van der Waals surface area (Å²) in [6.07, 6.45) is 5.66. The van der Waals surface area contributed by atoms with Crippen molar-refractivity contribution >= 4 is 11.8 Å². The quantitative estimate of drug-likeness (QED) is 0.848. The van der Waals surface area contributed by atoms with E-state index in [9.17, 15) is 14.0 Å². The van der Waals surface area contributed by atoms with Gasteiger partial charge in [-0.3, -0.25) is 9.59 Å². The van der Waals surface area contributed by atoms with E-state index < -0.39 is 0 Å². The molecule has 156 valence electrons. The van der Waals surface area contributed by atoms with Crippen LogP contribution in [0.15, 0.2) is 24.3 Å². The topological polar surface area (TPSA) is 58.6 Å². The number of benzene rings is 1. The number of amides is 2. The summed E-state index contributed by atoms with van der Waals surface area (Å²) in [7, 11) is 0. The molecule has 4 bridgehead atoms. The minimum atomic E-state index is -0.350. The van der Waals surface area contributed by atoms with Gasteiger partial charge in [-0.05, 0) is 68.1 Å². The summed E-state index contributed by atoms with van der Waals surface area (Å²) >= 11 is 0. The summed E-state index contributed by atoms with van der Waals surface area (Å²) in [5.41, 5.74) is 0.356. The van der Waals surface area contributed by atoms with Crippen LogP contribution in [0.25, 0.3) is 0 Å². The Hall–Kier alpha value is -1.95. The second-order valence-corrected chi connectivity index (χ2v) is 9.87. The molecule has 4 saturated carbocycles. The standard InChI is InChI=1S/C23H29FN2O3/c1-15(27)25-23-11-16-8-17(12-23)10-22(9-16,14-23)21(28)26-6-7-29-20(13-26)18-2-4-19(24)5-3-18/h2-5,16-17,20H,6-14H2,1H3,(H,25,27)/t16-,17+,20-,22?,23?/m1/s1. The van der Waals surface area contributed by atoms with Gasteiger partial charge in [0.1, 0.15) is 11.9 Å². The molecular weight excluding hydrogens is 371 g/mol. The van der Waals surface area contributed by atoms with Crippen molar-refractivity contribution in [3.8, 4) is 0 Å². The Bertz CT molecular complexity index is 810. The lowest BCUT2D eigenvalue weighted by atomic mass is 9.46. The molecule has 1 heterocycles. The third-order valence-electron chi connectivity index (χ3n) is 7.55. The van der Waals surface area contributed by atoms with Gasteiger partial charge in [-0.1, -0.05) is 12.1 Å². The van der Waals surface area contributed by atoms with E-state index in [-0.39, 0.29) is 34.7 Å². The molecule has 2 amide bonds. The molecule has 5 aliphatic rings. The normalized spacial score (nSPS) is 38.1. The van der Waals surface area contributed by atoms with Crippen molar-refractivity contribution in [2.75, 3.05) is 19.7 Å². The summed E-state index contributed by atoms with van der Waals surface area (Å²) < 4.78 is 19.2. The number of carbonyl (C=O) groups excluding carboxylic acids is 2. The highest BCUT2D eigenvalue weighted by Crippen LogP contribution is 2.62. The predicted molar refractivity (Wildman–Crippen MR) is 105 cm³/mol. The summed E-state index contributed by atoms with van der Waals surface area (Å²) in [6.45, 7) is 3.19. The van der Waals surface area contributed by atoms with Crippen molar-refractivity contribution in [1.29, 1.82) is 0 Å². The fourth-order valence-corrected chi connectivity index (χ4v) is 7.08. The average molecular weight is 400 g/mol. The van der Waals surface area contributed by atoms with Crippen LogP contribution in [0.5, 0.6) is 0 Å². The number of hydrogen-bond donors (Lipinski definition) is 1. The van der Waals surface area contributed by atoms with Crippen LogP contribution in [0, 0.1) is 23.1 Å². The highest BCUT2D eigenvalue weighted by molar-refractivity contribution is 5.84. The Morgan fingerprint density at radius 2 is 1.83 bits per heavy atom. The molecule has 29 heavy (non-hydrogen) atoms. The number of hydrogen-bond acceptors (Lipinski definition) is 3. The first-order chi connectivity index (χ1) is 13.9. The van der Waals surface area contributed by atoms with Crippen molar-refractivity contribution in [1.82, 2.24) is 10.2 Å². The molecule has 1 aliphatic heterocycles. The van der Waals surface area contributed by atoms with Gasteiger partial charge in [-0.2, -0.15) is 0 Å². The van der Waals surface area contributed by atoms with E-state index in [1.54, 1.807) is 19.1 Å². The molecule has 0 aromatic heterocycles. The molecule has 6 rings (SSSR count). The smallest absolute Gasteiger partial charge is 0.229 e. The Labute approximate surface area is 171 Å². The van der Waals surface area contributed by atoms with E-state index in [0.717, 1.165) is 37.7 Å². The molecule has 2 unspecified atom stereocenters. The van der Waals surface area contributed by atoms with Crippen molar-refractivity contribution in [3.05, 3.63) is 35.6 Å². The highest BCUT2D eigenvalue weighted by atomic mass is 19.1. The zero-order valence-corrected chi connectivity index (χ0v) is 17.0. The molecule has 1 aromatic carbocycles. The van der Waals surface area contributed by atoms with Crippen molar-refractivity contribution in [3.63, 3.8) is 0 Å². The lowest BCUT2D eigenvalue weighted by molar-refractivity contribution is -0.169. The molecule has 0 radical (unpaired) electrons. The van der Waals surface area contributed by atoms with E-state index in [4.69, 9.17) is 4.74 Å². The zero-order chi connectivity index (χ0) is 20.2. The largest absolute Gasteiger partial charge is 0.370 e. The molecule has 5 atom stereocenters. The van der Waals surface area contributed by atoms with Crippen LogP contribution in [0.2, 0.25) is 0 Å². The number of halogens is 1. The van der Waals surface area contributed by atoms with Gasteiger partial charge in [-0.15, -0.1) is 0 Å². The molecule has 1 saturated heterocycles. The number of morpholine rings is 1. The van der Waals surface area contributed by atoms with Crippen molar-refractivity contribution < 1.29 is 18.7 Å². The first-order valence-electron chi connectivity index (χ1n) is 10.8.